The second kappa shape index (κ2) is 12.4. The molecule has 0 fully saturated rings. The molecule has 2 aromatic carbocycles. The minimum atomic E-state index is -0.494. The van der Waals surface area contributed by atoms with Gasteiger partial charge in [0.15, 0.2) is 11.5 Å². The van der Waals surface area contributed by atoms with Crippen molar-refractivity contribution in [1.29, 1.82) is 5.26 Å². The number of hydrogen-bond acceptors (Lipinski definition) is 6. The van der Waals surface area contributed by atoms with Gasteiger partial charge in [-0.15, -0.1) is 0 Å². The number of carbonyl (C=O) groups excluding carboxylic acids is 1. The second-order valence-electron chi connectivity index (χ2n) is 7.18. The molecule has 1 heterocycles. The topological polar surface area (TPSA) is 93.7 Å². The van der Waals surface area contributed by atoms with Gasteiger partial charge >= 0.3 is 0 Å². The molecular weight excluding hydrogens is 456 g/mol. The fourth-order valence-corrected chi connectivity index (χ4v) is 3.13. The van der Waals surface area contributed by atoms with E-state index in [1.54, 1.807) is 42.5 Å². The average Bonchev–Trinajstić information content (AvgIpc) is 3.36. The smallest absolute Gasteiger partial charge is 0.262 e. The molecule has 3 aromatic rings. The Bertz CT molecular complexity index is 1180. The molecule has 0 saturated carbocycles. The van der Waals surface area contributed by atoms with Gasteiger partial charge in [0.1, 0.15) is 36.4 Å². The predicted octanol–water partition coefficient (Wildman–Crippen LogP) is 5.32. The Morgan fingerprint density at radius 3 is 2.65 bits per heavy atom. The van der Waals surface area contributed by atoms with Gasteiger partial charge in [-0.05, 0) is 73.5 Å². The molecule has 0 radical (unpaired) electrons. The normalized spacial score (nSPS) is 10.9. The van der Waals surface area contributed by atoms with Crippen molar-refractivity contribution < 1.29 is 23.4 Å². The van der Waals surface area contributed by atoms with Crippen LogP contribution in [0.3, 0.4) is 0 Å². The minimum Gasteiger partial charge on any atom is -0.490 e. The van der Waals surface area contributed by atoms with Crippen molar-refractivity contribution in [3.63, 3.8) is 0 Å². The maximum Gasteiger partial charge on any atom is 0.262 e. The summed E-state index contributed by atoms with van der Waals surface area (Å²) in [4.78, 5) is 12.4. The summed E-state index contributed by atoms with van der Waals surface area (Å²) >= 11 is 6.03. The molecule has 3 rings (SSSR count). The largest absolute Gasteiger partial charge is 0.490 e. The van der Waals surface area contributed by atoms with Gasteiger partial charge in [-0.1, -0.05) is 17.7 Å². The summed E-state index contributed by atoms with van der Waals surface area (Å²) in [6.45, 7) is 5.04. The lowest BCUT2D eigenvalue weighted by molar-refractivity contribution is -0.117. The molecule has 0 aliphatic carbocycles. The van der Waals surface area contributed by atoms with E-state index in [1.807, 2.05) is 26.0 Å². The van der Waals surface area contributed by atoms with E-state index in [4.69, 9.17) is 30.2 Å². The van der Waals surface area contributed by atoms with E-state index in [1.165, 1.54) is 12.3 Å². The highest BCUT2D eigenvalue weighted by Gasteiger charge is 2.12. The summed E-state index contributed by atoms with van der Waals surface area (Å²) in [5, 5.41) is 12.8. The number of ether oxygens (including phenoxy) is 3. The molecule has 8 heteroatoms. The highest BCUT2D eigenvalue weighted by Crippen LogP contribution is 2.29. The van der Waals surface area contributed by atoms with Crippen LogP contribution < -0.4 is 19.5 Å². The molecular formula is C26H25ClN2O5. The zero-order valence-electron chi connectivity index (χ0n) is 19.0. The minimum absolute atomic E-state index is 0.0330. The fraction of sp³-hybridized carbons (Fsp3) is 0.231. The molecule has 0 atom stereocenters. The van der Waals surface area contributed by atoms with Crippen molar-refractivity contribution in [2.24, 2.45) is 0 Å². The van der Waals surface area contributed by atoms with Crippen LogP contribution in [0, 0.1) is 18.3 Å². The summed E-state index contributed by atoms with van der Waals surface area (Å²) in [6.07, 6.45) is 3.02. The lowest BCUT2D eigenvalue weighted by Crippen LogP contribution is -2.23. The van der Waals surface area contributed by atoms with Gasteiger partial charge in [-0.3, -0.25) is 4.79 Å². The Morgan fingerprint density at radius 2 is 1.94 bits per heavy atom. The van der Waals surface area contributed by atoms with Gasteiger partial charge in [0.2, 0.25) is 0 Å². The first-order valence-corrected chi connectivity index (χ1v) is 11.1. The third-order valence-electron chi connectivity index (χ3n) is 4.69. The number of amides is 1. The van der Waals surface area contributed by atoms with E-state index in [0.717, 1.165) is 5.56 Å². The van der Waals surface area contributed by atoms with E-state index >= 15 is 0 Å². The molecule has 34 heavy (non-hydrogen) atoms. The van der Waals surface area contributed by atoms with Gasteiger partial charge in [-0.25, -0.2) is 0 Å². The van der Waals surface area contributed by atoms with Gasteiger partial charge in [0.25, 0.3) is 5.91 Å². The molecule has 0 unspecified atom stereocenters. The van der Waals surface area contributed by atoms with Crippen molar-refractivity contribution >= 4 is 23.6 Å². The van der Waals surface area contributed by atoms with Crippen LogP contribution in [0.15, 0.2) is 64.8 Å². The Balaban J connectivity index is 1.62. The first kappa shape index (κ1) is 24.7. The van der Waals surface area contributed by atoms with Crippen LogP contribution >= 0.6 is 11.6 Å². The van der Waals surface area contributed by atoms with Crippen molar-refractivity contribution in [2.75, 3.05) is 19.8 Å². The van der Waals surface area contributed by atoms with E-state index < -0.39 is 5.91 Å². The first-order chi connectivity index (χ1) is 16.5. The van der Waals surface area contributed by atoms with Crippen LogP contribution in [0.5, 0.6) is 17.2 Å². The highest BCUT2D eigenvalue weighted by molar-refractivity contribution is 6.31. The maximum absolute atomic E-state index is 12.4. The van der Waals surface area contributed by atoms with E-state index in [-0.39, 0.29) is 12.1 Å². The zero-order chi connectivity index (χ0) is 24.3. The number of rotatable bonds is 11. The quantitative estimate of drug-likeness (QED) is 0.227. The number of nitrogens with zero attached hydrogens (tertiary/aromatic N) is 1. The Morgan fingerprint density at radius 1 is 1.12 bits per heavy atom. The number of hydrogen-bond donors (Lipinski definition) is 1. The van der Waals surface area contributed by atoms with Crippen molar-refractivity contribution in [2.45, 2.75) is 20.4 Å². The van der Waals surface area contributed by atoms with Gasteiger partial charge in [-0.2, -0.15) is 5.26 Å². The lowest BCUT2D eigenvalue weighted by atomic mass is 10.1. The van der Waals surface area contributed by atoms with Crippen molar-refractivity contribution in [3.05, 3.63) is 82.3 Å². The first-order valence-electron chi connectivity index (χ1n) is 10.7. The predicted molar refractivity (Wildman–Crippen MR) is 129 cm³/mol. The summed E-state index contributed by atoms with van der Waals surface area (Å²) < 4.78 is 22.4. The summed E-state index contributed by atoms with van der Waals surface area (Å²) in [5.41, 5.74) is 1.54. The van der Waals surface area contributed by atoms with E-state index in [0.29, 0.717) is 53.4 Å². The van der Waals surface area contributed by atoms with Crippen LogP contribution in [0.4, 0.5) is 0 Å². The maximum atomic E-state index is 12.4. The van der Waals surface area contributed by atoms with E-state index in [2.05, 4.69) is 5.32 Å². The number of nitriles is 1. The zero-order valence-corrected chi connectivity index (χ0v) is 19.7. The summed E-state index contributed by atoms with van der Waals surface area (Å²) in [6, 6.07) is 16.1. The van der Waals surface area contributed by atoms with Crippen molar-refractivity contribution in [3.8, 4) is 23.3 Å². The molecule has 1 amide bonds. The van der Waals surface area contributed by atoms with Gasteiger partial charge in [0.05, 0.1) is 19.4 Å². The molecule has 1 aromatic heterocycles. The molecule has 0 aliphatic heterocycles. The monoisotopic (exact) mass is 480 g/mol. The van der Waals surface area contributed by atoms with Crippen LogP contribution in [0.2, 0.25) is 5.02 Å². The van der Waals surface area contributed by atoms with Crippen LogP contribution in [-0.4, -0.2) is 25.7 Å². The summed E-state index contributed by atoms with van der Waals surface area (Å²) in [5.74, 6) is 1.86. The Kier molecular flexibility index (Phi) is 9.01. The van der Waals surface area contributed by atoms with Crippen LogP contribution in [-0.2, 0) is 11.3 Å². The molecule has 1 N–H and O–H groups in total. The molecule has 0 aliphatic rings. The third-order valence-corrected chi connectivity index (χ3v) is 5.11. The number of furan rings is 1. The number of halogens is 1. The number of aryl methyl sites for hydroxylation is 1. The highest BCUT2D eigenvalue weighted by atomic mass is 35.5. The lowest BCUT2D eigenvalue weighted by Gasteiger charge is -2.13. The average molecular weight is 481 g/mol. The Labute approximate surface area is 203 Å². The third kappa shape index (κ3) is 7.06. The second-order valence-corrected chi connectivity index (χ2v) is 7.59. The standard InChI is InChI=1S/C26H25ClN2O5/c1-3-31-25-15-19(14-20(16-28)26(30)29-17-22-5-4-10-32-22)6-9-24(25)34-12-11-33-21-7-8-23(27)18(2)13-21/h4-10,13-15H,3,11-12,17H2,1-2H3,(H,29,30). The van der Waals surface area contributed by atoms with Crippen LogP contribution in [0.25, 0.3) is 6.08 Å². The number of carbonyl (C=O) groups is 1. The van der Waals surface area contributed by atoms with Gasteiger partial charge < -0.3 is 23.9 Å². The molecule has 7 nitrogen and oxygen atoms in total. The number of nitrogens with one attached hydrogen (secondary N) is 1. The molecule has 0 saturated heterocycles. The Hall–Kier alpha value is -3.89. The van der Waals surface area contributed by atoms with Crippen molar-refractivity contribution in [1.82, 2.24) is 5.32 Å². The molecule has 176 valence electrons. The summed E-state index contributed by atoms with van der Waals surface area (Å²) in [7, 11) is 0. The fourth-order valence-electron chi connectivity index (χ4n) is 3.01. The SMILES string of the molecule is CCOc1cc(C=C(C#N)C(=O)NCc2ccco2)ccc1OCCOc1ccc(Cl)c(C)c1. The molecule has 0 spiro atoms. The van der Waals surface area contributed by atoms with Gasteiger partial charge in [0, 0.05) is 5.02 Å². The number of benzene rings is 2. The molecule has 0 bridgehead atoms. The van der Waals surface area contributed by atoms with Crippen LogP contribution in [0.1, 0.15) is 23.8 Å². The van der Waals surface area contributed by atoms with E-state index in [9.17, 15) is 10.1 Å².